The van der Waals surface area contributed by atoms with Crippen molar-refractivity contribution in [2.45, 2.75) is 0 Å². The Morgan fingerprint density at radius 1 is 1.33 bits per heavy atom. The van der Waals surface area contributed by atoms with E-state index < -0.39 is 0 Å². The molecule has 0 unspecified atom stereocenters. The summed E-state index contributed by atoms with van der Waals surface area (Å²) in [6.07, 6.45) is 0. The number of carbonyl (C=O) groups is 1. The lowest BCUT2D eigenvalue weighted by Gasteiger charge is -2.33. The van der Waals surface area contributed by atoms with Crippen LogP contribution in [0, 0.1) is 17.1 Å². The smallest absolute Gasteiger partial charge is 0.280 e. The third-order valence-electron chi connectivity index (χ3n) is 4.11. The number of nitrogens with zero attached hydrogens (tertiary/aromatic N) is 2. The Morgan fingerprint density at radius 3 is 2.79 bits per heavy atom. The van der Waals surface area contributed by atoms with Crippen molar-refractivity contribution in [1.29, 1.82) is 5.26 Å². The number of para-hydroxylation sites is 1. The second-order valence-corrected chi connectivity index (χ2v) is 6.60. The molecule has 2 N–H and O–H groups in total. The molecule has 1 fully saturated rings. The predicted octanol–water partition coefficient (Wildman–Crippen LogP) is 1.10. The molecule has 1 aliphatic rings. The highest BCUT2D eigenvalue weighted by molar-refractivity contribution is 7.14. The fourth-order valence-corrected chi connectivity index (χ4v) is 3.59. The zero-order valence-electron chi connectivity index (χ0n) is 13.1. The van der Waals surface area contributed by atoms with Crippen LogP contribution >= 0.6 is 11.3 Å². The van der Waals surface area contributed by atoms with Crippen molar-refractivity contribution in [2.75, 3.05) is 42.9 Å². The normalized spacial score (nSPS) is 15.1. The summed E-state index contributed by atoms with van der Waals surface area (Å²) in [5.41, 5.74) is 1.12. The summed E-state index contributed by atoms with van der Waals surface area (Å²) in [4.78, 5) is 15.3. The maximum atomic E-state index is 13.8. The molecule has 1 aliphatic heterocycles. The number of halogens is 1. The molecule has 1 amide bonds. The van der Waals surface area contributed by atoms with Crippen molar-refractivity contribution in [3.63, 3.8) is 0 Å². The van der Waals surface area contributed by atoms with E-state index in [9.17, 15) is 9.18 Å². The van der Waals surface area contributed by atoms with Crippen molar-refractivity contribution in [1.82, 2.24) is 0 Å². The first-order chi connectivity index (χ1) is 11.7. The summed E-state index contributed by atoms with van der Waals surface area (Å²) in [6, 6.07) is 10.5. The Bertz CT molecular complexity index is 762. The molecule has 24 heavy (non-hydrogen) atoms. The average Bonchev–Trinajstić information content (AvgIpc) is 3.03. The van der Waals surface area contributed by atoms with Gasteiger partial charge in [0.05, 0.1) is 37.4 Å². The fraction of sp³-hybridized carbons (Fsp3) is 0.294. The summed E-state index contributed by atoms with van der Waals surface area (Å²) < 4.78 is 13.8. The second-order valence-electron chi connectivity index (χ2n) is 5.69. The molecule has 0 bridgehead atoms. The quantitative estimate of drug-likeness (QED) is 0.872. The number of nitrogens with one attached hydrogen (secondary N) is 2. The van der Waals surface area contributed by atoms with Gasteiger partial charge in [-0.3, -0.25) is 4.79 Å². The van der Waals surface area contributed by atoms with E-state index in [4.69, 9.17) is 5.26 Å². The summed E-state index contributed by atoms with van der Waals surface area (Å²) in [5, 5.41) is 14.2. The van der Waals surface area contributed by atoms with E-state index in [-0.39, 0.29) is 11.7 Å². The van der Waals surface area contributed by atoms with Gasteiger partial charge in [0.2, 0.25) is 0 Å². The number of hydrogen-bond acceptors (Lipinski definition) is 4. The van der Waals surface area contributed by atoms with Crippen LogP contribution < -0.4 is 15.1 Å². The number of hydrogen-bond donors (Lipinski definition) is 2. The minimum absolute atomic E-state index is 0.0942. The number of piperazine rings is 1. The van der Waals surface area contributed by atoms with Crippen LogP contribution in [0.4, 0.5) is 15.1 Å². The Labute approximate surface area is 143 Å². The first kappa shape index (κ1) is 16.4. The molecule has 1 saturated heterocycles. The van der Waals surface area contributed by atoms with Gasteiger partial charge in [-0.25, -0.2) is 4.39 Å². The zero-order valence-corrected chi connectivity index (χ0v) is 13.9. The van der Waals surface area contributed by atoms with Crippen molar-refractivity contribution in [2.24, 2.45) is 0 Å². The monoisotopic (exact) mass is 345 g/mol. The molecule has 3 rings (SSSR count). The number of rotatable bonds is 4. The standard InChI is InChI=1S/C17H17FN4OS/c18-14-3-1-2-4-15(14)22-8-6-21(7-9-22)12-16(23)20-17-13(11-19)5-10-24-17/h1-5,10H,6-9,12H2,(H,20,23)/p+1. The lowest BCUT2D eigenvalue weighted by Crippen LogP contribution is -3.15. The maximum absolute atomic E-state index is 13.8. The number of thiophene rings is 1. The topological polar surface area (TPSA) is 60.6 Å². The van der Waals surface area contributed by atoms with E-state index in [0.717, 1.165) is 18.0 Å². The van der Waals surface area contributed by atoms with Crippen molar-refractivity contribution in [3.05, 3.63) is 47.1 Å². The third-order valence-corrected chi connectivity index (χ3v) is 4.94. The molecule has 5 nitrogen and oxygen atoms in total. The van der Waals surface area contributed by atoms with Crippen LogP contribution in [0.5, 0.6) is 0 Å². The number of anilines is 2. The van der Waals surface area contributed by atoms with Crippen LogP contribution in [0.2, 0.25) is 0 Å². The first-order valence-corrected chi connectivity index (χ1v) is 8.66. The molecule has 0 atom stereocenters. The zero-order chi connectivity index (χ0) is 16.9. The van der Waals surface area contributed by atoms with Crippen molar-refractivity contribution < 1.29 is 14.1 Å². The van der Waals surface area contributed by atoms with Crippen LogP contribution in [-0.4, -0.2) is 38.6 Å². The molecule has 2 aromatic rings. The SMILES string of the molecule is N#Cc1ccsc1NC(=O)C[NH+]1CCN(c2ccccc2F)CC1. The van der Waals surface area contributed by atoms with Gasteiger partial charge in [-0.2, -0.15) is 5.26 Å². The summed E-state index contributed by atoms with van der Waals surface area (Å²) in [7, 11) is 0. The fourth-order valence-electron chi connectivity index (χ4n) is 2.84. The van der Waals surface area contributed by atoms with Gasteiger partial charge in [-0.1, -0.05) is 12.1 Å². The lowest BCUT2D eigenvalue weighted by atomic mass is 10.2. The van der Waals surface area contributed by atoms with Gasteiger partial charge in [0, 0.05) is 0 Å². The number of carbonyl (C=O) groups excluding carboxylic acids is 1. The van der Waals surface area contributed by atoms with E-state index in [0.29, 0.717) is 35.9 Å². The van der Waals surface area contributed by atoms with Crippen LogP contribution in [0.3, 0.4) is 0 Å². The Morgan fingerprint density at radius 2 is 2.08 bits per heavy atom. The molecule has 2 heterocycles. The molecular weight excluding hydrogens is 327 g/mol. The molecule has 0 spiro atoms. The summed E-state index contributed by atoms with van der Waals surface area (Å²) in [5.74, 6) is -0.302. The van der Waals surface area contributed by atoms with E-state index in [2.05, 4.69) is 11.4 Å². The summed E-state index contributed by atoms with van der Waals surface area (Å²) >= 11 is 1.35. The number of nitriles is 1. The van der Waals surface area contributed by atoms with E-state index in [1.54, 1.807) is 23.6 Å². The molecule has 0 saturated carbocycles. The minimum atomic E-state index is -0.208. The highest BCUT2D eigenvalue weighted by atomic mass is 32.1. The molecule has 1 aromatic heterocycles. The summed E-state index contributed by atoms with van der Waals surface area (Å²) in [6.45, 7) is 3.33. The van der Waals surface area contributed by atoms with Crippen LogP contribution in [0.15, 0.2) is 35.7 Å². The van der Waals surface area contributed by atoms with Gasteiger partial charge in [0.1, 0.15) is 16.9 Å². The second kappa shape index (κ2) is 7.43. The molecule has 1 aromatic carbocycles. The Balaban J connectivity index is 1.51. The van der Waals surface area contributed by atoms with Crippen LogP contribution in [0.25, 0.3) is 0 Å². The van der Waals surface area contributed by atoms with Crippen LogP contribution in [-0.2, 0) is 4.79 Å². The van der Waals surface area contributed by atoms with Crippen molar-refractivity contribution in [3.8, 4) is 6.07 Å². The largest absolute Gasteiger partial charge is 0.358 e. The molecule has 124 valence electrons. The van der Waals surface area contributed by atoms with Crippen LogP contribution in [0.1, 0.15) is 5.56 Å². The average molecular weight is 345 g/mol. The number of amides is 1. The van der Waals surface area contributed by atoms with E-state index in [1.807, 2.05) is 11.0 Å². The van der Waals surface area contributed by atoms with Gasteiger partial charge in [0.25, 0.3) is 5.91 Å². The highest BCUT2D eigenvalue weighted by Gasteiger charge is 2.24. The highest BCUT2D eigenvalue weighted by Crippen LogP contribution is 2.21. The van der Waals surface area contributed by atoms with E-state index in [1.165, 1.54) is 17.4 Å². The Kier molecular flexibility index (Phi) is 5.08. The van der Waals surface area contributed by atoms with Gasteiger partial charge >= 0.3 is 0 Å². The van der Waals surface area contributed by atoms with Gasteiger partial charge in [-0.05, 0) is 23.6 Å². The number of benzene rings is 1. The first-order valence-electron chi connectivity index (χ1n) is 7.78. The van der Waals surface area contributed by atoms with Gasteiger partial charge in [-0.15, -0.1) is 11.3 Å². The number of quaternary nitrogens is 1. The Hall–Kier alpha value is -2.43. The molecule has 0 radical (unpaired) electrons. The molecular formula is C17H18FN4OS+. The van der Waals surface area contributed by atoms with Gasteiger partial charge in [0.15, 0.2) is 6.54 Å². The minimum Gasteiger partial charge on any atom is -0.358 e. The van der Waals surface area contributed by atoms with Gasteiger partial charge < -0.3 is 15.1 Å². The molecule has 0 aliphatic carbocycles. The molecule has 7 heteroatoms. The van der Waals surface area contributed by atoms with Crippen molar-refractivity contribution >= 4 is 27.9 Å². The van der Waals surface area contributed by atoms with E-state index >= 15 is 0 Å². The maximum Gasteiger partial charge on any atom is 0.280 e. The third kappa shape index (κ3) is 3.72. The lowest BCUT2D eigenvalue weighted by molar-refractivity contribution is -0.892. The predicted molar refractivity (Wildman–Crippen MR) is 91.8 cm³/mol.